The molecule has 3 aromatic heterocycles. The molecule has 0 N–H and O–H groups in total. The fourth-order valence-corrected chi connectivity index (χ4v) is 2.52. The van der Waals surface area contributed by atoms with Crippen molar-refractivity contribution in [3.63, 3.8) is 0 Å². The van der Waals surface area contributed by atoms with E-state index in [-0.39, 0.29) is 11.4 Å². The fraction of sp³-hybridized carbons (Fsp3) is 0.200. The Hall–Kier alpha value is -3.74. The lowest BCUT2D eigenvalue weighted by Gasteiger charge is -2.00. The van der Waals surface area contributed by atoms with Crippen molar-refractivity contribution >= 4 is 17.2 Å². The Morgan fingerprint density at radius 2 is 2.00 bits per heavy atom. The molecule has 0 radical (unpaired) electrons. The summed E-state index contributed by atoms with van der Waals surface area (Å²) in [6.45, 7) is 3.77. The Morgan fingerprint density at radius 3 is 2.76 bits per heavy atom. The number of hydrogen-bond donors (Lipinski definition) is 0. The van der Waals surface area contributed by atoms with Gasteiger partial charge in [-0.15, -0.1) is 10.2 Å². The van der Waals surface area contributed by atoms with E-state index in [0.29, 0.717) is 18.1 Å². The molecule has 0 saturated heterocycles. The molecule has 1 aliphatic heterocycles. The molecule has 0 spiro atoms. The summed E-state index contributed by atoms with van der Waals surface area (Å²) < 4.78 is 1.38. The van der Waals surface area contributed by atoms with Gasteiger partial charge in [-0.2, -0.15) is 30.0 Å². The number of nitriles is 1. The van der Waals surface area contributed by atoms with Gasteiger partial charge in [0.25, 0.3) is 5.95 Å². The van der Waals surface area contributed by atoms with E-state index in [1.165, 1.54) is 10.9 Å². The predicted molar refractivity (Wildman–Crippen MR) is 87.2 cm³/mol. The summed E-state index contributed by atoms with van der Waals surface area (Å²) in [5, 5.41) is 30.6. The van der Waals surface area contributed by atoms with Crippen LogP contribution in [0.3, 0.4) is 0 Å². The Bertz CT molecular complexity index is 1050. The Balaban J connectivity index is 1.77. The van der Waals surface area contributed by atoms with Crippen molar-refractivity contribution in [3.05, 3.63) is 41.6 Å². The largest absolute Gasteiger partial charge is 0.252 e. The molecule has 0 fully saturated rings. The fourth-order valence-electron chi connectivity index (χ4n) is 2.52. The van der Waals surface area contributed by atoms with Crippen LogP contribution in [0.1, 0.15) is 23.9 Å². The van der Waals surface area contributed by atoms with Crippen molar-refractivity contribution in [1.29, 1.82) is 5.26 Å². The molecule has 10 nitrogen and oxygen atoms in total. The molecule has 0 bridgehead atoms. The molecule has 0 saturated carbocycles. The number of nitrogens with zero attached hydrogens (tertiary/aromatic N) is 10. The highest BCUT2D eigenvalue weighted by Crippen LogP contribution is 2.30. The highest BCUT2D eigenvalue weighted by molar-refractivity contribution is 5.87. The Labute approximate surface area is 142 Å². The first-order valence-corrected chi connectivity index (χ1v) is 7.47. The Morgan fingerprint density at radius 1 is 1.20 bits per heavy atom. The number of hydrogen-bond acceptors (Lipinski definition) is 8. The van der Waals surface area contributed by atoms with Crippen molar-refractivity contribution in [3.8, 4) is 12.0 Å². The molecule has 0 unspecified atom stereocenters. The second-order valence-corrected chi connectivity index (χ2v) is 5.44. The molecule has 122 valence electrons. The van der Waals surface area contributed by atoms with Gasteiger partial charge in [0.05, 0.1) is 17.6 Å². The lowest BCUT2D eigenvalue weighted by molar-refractivity contribution is 0.727. The van der Waals surface area contributed by atoms with Gasteiger partial charge in [-0.25, -0.2) is 9.97 Å². The lowest BCUT2D eigenvalue weighted by Crippen LogP contribution is -2.01. The first kappa shape index (κ1) is 14.8. The van der Waals surface area contributed by atoms with Crippen LogP contribution in [0, 0.1) is 18.3 Å². The minimum atomic E-state index is 0.267. The van der Waals surface area contributed by atoms with E-state index >= 15 is 0 Å². The van der Waals surface area contributed by atoms with Gasteiger partial charge in [0.15, 0.2) is 5.82 Å². The van der Waals surface area contributed by atoms with Crippen molar-refractivity contribution in [1.82, 2.24) is 29.6 Å². The third kappa shape index (κ3) is 2.47. The zero-order valence-corrected chi connectivity index (χ0v) is 13.5. The monoisotopic (exact) mass is 332 g/mol. The number of aryl methyl sites for hydroxylation is 1. The van der Waals surface area contributed by atoms with Gasteiger partial charge in [-0.1, -0.05) is 0 Å². The zero-order valence-electron chi connectivity index (χ0n) is 13.5. The van der Waals surface area contributed by atoms with Gasteiger partial charge >= 0.3 is 0 Å². The van der Waals surface area contributed by atoms with Crippen LogP contribution >= 0.6 is 0 Å². The first-order valence-electron chi connectivity index (χ1n) is 7.47. The average molecular weight is 332 g/mol. The second kappa shape index (κ2) is 5.72. The van der Waals surface area contributed by atoms with Gasteiger partial charge in [-0.3, -0.25) is 0 Å². The minimum absolute atomic E-state index is 0.267. The summed E-state index contributed by atoms with van der Waals surface area (Å²) in [7, 11) is 0. The van der Waals surface area contributed by atoms with Gasteiger partial charge in [0, 0.05) is 24.5 Å². The quantitative estimate of drug-likeness (QED) is 0.680. The van der Waals surface area contributed by atoms with Crippen molar-refractivity contribution in [2.45, 2.75) is 20.3 Å². The topological polar surface area (TPSA) is 122 Å². The molecule has 0 aromatic carbocycles. The summed E-state index contributed by atoms with van der Waals surface area (Å²) >= 11 is 0. The van der Waals surface area contributed by atoms with Crippen LogP contribution in [-0.4, -0.2) is 35.3 Å². The predicted octanol–water partition coefficient (Wildman–Crippen LogP) is 2.23. The van der Waals surface area contributed by atoms with E-state index in [4.69, 9.17) is 0 Å². The normalized spacial score (nSPS) is 13.1. The van der Waals surface area contributed by atoms with Crippen LogP contribution < -0.4 is 0 Å². The molecule has 1 aliphatic rings. The van der Waals surface area contributed by atoms with Crippen LogP contribution in [0.2, 0.25) is 0 Å². The molecule has 0 atom stereocenters. The van der Waals surface area contributed by atoms with Crippen LogP contribution in [0.5, 0.6) is 0 Å². The standard InChI is InChI=1S/C15H12N10/c1-9-6-12-13(10(2)23-25(12)22-9)20-21-14-11(7-16)8-19-24(14)15-17-4-3-5-18-15/h3-5,8H,6H2,1-2H3. The molecule has 25 heavy (non-hydrogen) atoms. The maximum Gasteiger partial charge on any atom is 0.252 e. The number of aromatic nitrogens is 6. The summed E-state index contributed by atoms with van der Waals surface area (Å²) in [5.74, 6) is 0.581. The van der Waals surface area contributed by atoms with Gasteiger partial charge in [0.2, 0.25) is 0 Å². The van der Waals surface area contributed by atoms with E-state index in [1.54, 1.807) is 23.3 Å². The first-order chi connectivity index (χ1) is 12.2. The maximum absolute atomic E-state index is 9.30. The third-order valence-electron chi connectivity index (χ3n) is 3.64. The molecule has 3 aromatic rings. The number of azo groups is 1. The lowest BCUT2D eigenvalue weighted by atomic mass is 10.2. The average Bonchev–Trinajstić information content (AvgIpc) is 3.26. The van der Waals surface area contributed by atoms with E-state index in [9.17, 15) is 5.26 Å². The van der Waals surface area contributed by atoms with Gasteiger partial charge < -0.3 is 0 Å². The van der Waals surface area contributed by atoms with E-state index in [0.717, 1.165) is 17.1 Å². The van der Waals surface area contributed by atoms with Gasteiger partial charge in [0.1, 0.15) is 17.3 Å². The van der Waals surface area contributed by atoms with Crippen molar-refractivity contribution < 1.29 is 0 Å². The molecule has 0 amide bonds. The molecule has 4 rings (SSSR count). The van der Waals surface area contributed by atoms with E-state index < -0.39 is 0 Å². The summed E-state index contributed by atoms with van der Waals surface area (Å²) in [4.78, 5) is 9.83. The van der Waals surface area contributed by atoms with Crippen LogP contribution in [0.25, 0.3) is 5.95 Å². The number of rotatable bonds is 3. The maximum atomic E-state index is 9.30. The molecular weight excluding hydrogens is 320 g/mol. The Kier molecular flexibility index (Phi) is 3.39. The smallest absolute Gasteiger partial charge is 0.220 e. The van der Waals surface area contributed by atoms with Crippen LogP contribution in [0.15, 0.2) is 40.0 Å². The van der Waals surface area contributed by atoms with Gasteiger partial charge in [-0.05, 0) is 19.9 Å². The molecule has 0 aliphatic carbocycles. The summed E-state index contributed by atoms with van der Waals surface area (Å²) in [6.07, 6.45) is 5.26. The summed E-state index contributed by atoms with van der Waals surface area (Å²) in [6, 6.07) is 3.75. The summed E-state index contributed by atoms with van der Waals surface area (Å²) in [5.41, 5.74) is 3.48. The second-order valence-electron chi connectivity index (χ2n) is 5.44. The highest BCUT2D eigenvalue weighted by atomic mass is 15.5. The number of fused-ring (bicyclic) bond motifs is 1. The zero-order chi connectivity index (χ0) is 17.4. The highest BCUT2D eigenvalue weighted by Gasteiger charge is 2.21. The van der Waals surface area contributed by atoms with E-state index in [2.05, 4.69) is 41.6 Å². The molecule has 4 heterocycles. The molecule has 10 heteroatoms. The van der Waals surface area contributed by atoms with Crippen molar-refractivity contribution in [2.75, 3.05) is 0 Å². The SMILES string of the molecule is CC1=Nn2nc(C)c(N=Nc3c(C#N)cnn3-c3ncccn3)c2C1. The van der Waals surface area contributed by atoms with Crippen molar-refractivity contribution in [2.24, 2.45) is 15.3 Å². The van der Waals surface area contributed by atoms with Crippen LogP contribution in [-0.2, 0) is 6.42 Å². The van der Waals surface area contributed by atoms with E-state index in [1.807, 2.05) is 13.8 Å². The van der Waals surface area contributed by atoms with Crippen LogP contribution in [0.4, 0.5) is 11.5 Å². The minimum Gasteiger partial charge on any atom is -0.220 e. The molecular formula is C15H12N10. The third-order valence-corrected chi connectivity index (χ3v) is 3.64.